The molecule has 4 rings (SSSR count). The highest BCUT2D eigenvalue weighted by molar-refractivity contribution is 5.79. The first-order valence-corrected chi connectivity index (χ1v) is 8.67. The molecule has 3 heterocycles. The van der Waals surface area contributed by atoms with Crippen molar-refractivity contribution in [3.63, 3.8) is 0 Å². The van der Waals surface area contributed by atoms with Crippen LogP contribution in [0.3, 0.4) is 0 Å². The summed E-state index contributed by atoms with van der Waals surface area (Å²) in [4.78, 5) is 11.9. The van der Waals surface area contributed by atoms with E-state index >= 15 is 0 Å². The van der Waals surface area contributed by atoms with Gasteiger partial charge in [-0.05, 0) is 25.8 Å². The number of carbonyl (C=O) groups is 1. The Morgan fingerprint density at radius 2 is 2.00 bits per heavy atom. The molecule has 3 fully saturated rings. The van der Waals surface area contributed by atoms with Crippen LogP contribution in [-0.4, -0.2) is 36.7 Å². The minimum Gasteiger partial charge on any atom is -0.459 e. The Kier molecular flexibility index (Phi) is 3.90. The van der Waals surface area contributed by atoms with Crippen LogP contribution in [0.4, 0.5) is 0 Å². The number of benzene rings is 1. The Bertz CT molecular complexity index is 613. The number of hydrogen-bond donors (Lipinski definition) is 0. The maximum atomic E-state index is 11.9. The Labute approximate surface area is 142 Å². The number of ether oxygens (including phenoxy) is 4. The van der Waals surface area contributed by atoms with Gasteiger partial charge in [-0.2, -0.15) is 0 Å². The maximum Gasteiger partial charge on any atom is 0.314 e. The predicted molar refractivity (Wildman–Crippen MR) is 86.1 cm³/mol. The summed E-state index contributed by atoms with van der Waals surface area (Å²) in [6.07, 6.45) is 1.99. The quantitative estimate of drug-likeness (QED) is 0.794. The third-order valence-electron chi connectivity index (χ3n) is 5.33. The third kappa shape index (κ3) is 2.75. The van der Waals surface area contributed by atoms with Crippen molar-refractivity contribution in [1.29, 1.82) is 0 Å². The van der Waals surface area contributed by atoms with Gasteiger partial charge in [-0.15, -0.1) is 0 Å². The van der Waals surface area contributed by atoms with E-state index in [1.807, 2.05) is 32.0 Å². The fraction of sp³-hybridized carbons (Fsp3) is 0.632. The van der Waals surface area contributed by atoms with Gasteiger partial charge in [0, 0.05) is 12.8 Å². The Morgan fingerprint density at radius 3 is 2.75 bits per heavy atom. The summed E-state index contributed by atoms with van der Waals surface area (Å²) in [7, 11) is 0. The van der Waals surface area contributed by atoms with Crippen LogP contribution < -0.4 is 0 Å². The van der Waals surface area contributed by atoms with Gasteiger partial charge in [0.1, 0.15) is 12.2 Å². The van der Waals surface area contributed by atoms with Crippen molar-refractivity contribution >= 4 is 5.97 Å². The average molecular weight is 332 g/mol. The molecule has 0 unspecified atom stereocenters. The van der Waals surface area contributed by atoms with E-state index in [2.05, 4.69) is 12.1 Å². The second kappa shape index (κ2) is 5.83. The lowest BCUT2D eigenvalue weighted by molar-refractivity contribution is -0.233. The first-order valence-electron chi connectivity index (χ1n) is 8.67. The molecular weight excluding hydrogens is 308 g/mol. The van der Waals surface area contributed by atoms with E-state index in [0.29, 0.717) is 19.6 Å². The van der Waals surface area contributed by atoms with Crippen LogP contribution in [0.5, 0.6) is 0 Å². The highest BCUT2D eigenvalue weighted by Gasteiger charge is 2.63. The molecule has 5 heteroatoms. The number of hydrogen-bond acceptors (Lipinski definition) is 5. The molecule has 0 amide bonds. The lowest BCUT2D eigenvalue weighted by Crippen LogP contribution is -2.37. The lowest BCUT2D eigenvalue weighted by Gasteiger charge is -2.28. The van der Waals surface area contributed by atoms with Crippen LogP contribution in [0.15, 0.2) is 30.3 Å². The van der Waals surface area contributed by atoms with Crippen molar-refractivity contribution in [1.82, 2.24) is 0 Å². The molecule has 5 nitrogen and oxygen atoms in total. The van der Waals surface area contributed by atoms with Gasteiger partial charge >= 0.3 is 5.97 Å². The number of esters is 1. The highest BCUT2D eigenvalue weighted by atomic mass is 16.7. The molecule has 1 aromatic rings. The maximum absolute atomic E-state index is 11.9. The molecule has 1 spiro atoms. The van der Waals surface area contributed by atoms with E-state index in [0.717, 1.165) is 18.4 Å². The van der Waals surface area contributed by atoms with E-state index in [-0.39, 0.29) is 24.3 Å². The molecule has 4 atom stereocenters. The van der Waals surface area contributed by atoms with Crippen LogP contribution in [-0.2, 0) is 30.3 Å². The molecular formula is C19H24O5. The molecule has 0 bridgehead atoms. The molecule has 3 saturated heterocycles. The van der Waals surface area contributed by atoms with E-state index in [9.17, 15) is 4.79 Å². The lowest BCUT2D eigenvalue weighted by atomic mass is 9.87. The molecule has 0 aromatic heterocycles. The minimum atomic E-state index is -0.603. The molecule has 0 aliphatic carbocycles. The van der Waals surface area contributed by atoms with Gasteiger partial charge in [-0.25, -0.2) is 0 Å². The number of carbonyl (C=O) groups excluding carboxylic acids is 1. The standard InChI is InChI=1S/C19H24O5/c1-18(2)16-15(22-17(18)20)10-19(24-16)9-8-14(23-19)12-21-11-13-6-4-3-5-7-13/h3-7,14-16H,8-12H2,1-2H3/t14-,15-,16+,19+/m0/s1. The smallest absolute Gasteiger partial charge is 0.314 e. The molecule has 3 aliphatic heterocycles. The summed E-state index contributed by atoms with van der Waals surface area (Å²) in [5, 5.41) is 0. The molecule has 3 aliphatic rings. The van der Waals surface area contributed by atoms with Gasteiger partial charge in [-0.1, -0.05) is 30.3 Å². The summed E-state index contributed by atoms with van der Waals surface area (Å²) in [6, 6.07) is 10.1. The van der Waals surface area contributed by atoms with E-state index < -0.39 is 11.2 Å². The summed E-state index contributed by atoms with van der Waals surface area (Å²) >= 11 is 0. The van der Waals surface area contributed by atoms with Crippen molar-refractivity contribution < 1.29 is 23.7 Å². The van der Waals surface area contributed by atoms with Gasteiger partial charge in [0.25, 0.3) is 0 Å². The van der Waals surface area contributed by atoms with Gasteiger partial charge < -0.3 is 18.9 Å². The zero-order valence-electron chi connectivity index (χ0n) is 14.2. The second-order valence-corrected chi connectivity index (χ2v) is 7.60. The second-order valence-electron chi connectivity index (χ2n) is 7.60. The fourth-order valence-electron chi connectivity index (χ4n) is 3.93. The van der Waals surface area contributed by atoms with Crippen molar-refractivity contribution in [2.75, 3.05) is 6.61 Å². The summed E-state index contributed by atoms with van der Waals surface area (Å²) in [5.41, 5.74) is 0.560. The SMILES string of the molecule is CC1(C)C(=O)O[C@H]2C[C@@]3(CC[C@@H](COCc4ccccc4)O3)O[C@H]21. The van der Waals surface area contributed by atoms with Gasteiger partial charge in [0.05, 0.1) is 24.7 Å². The summed E-state index contributed by atoms with van der Waals surface area (Å²) < 4.78 is 23.6. The number of rotatable bonds is 4. The predicted octanol–water partition coefficient (Wildman–Crippen LogP) is 2.82. The van der Waals surface area contributed by atoms with Crippen molar-refractivity contribution in [3.8, 4) is 0 Å². The fourth-order valence-corrected chi connectivity index (χ4v) is 3.93. The van der Waals surface area contributed by atoms with Gasteiger partial charge in [0.15, 0.2) is 5.79 Å². The van der Waals surface area contributed by atoms with Crippen molar-refractivity contribution in [2.24, 2.45) is 5.41 Å². The molecule has 0 radical (unpaired) electrons. The van der Waals surface area contributed by atoms with E-state index in [4.69, 9.17) is 18.9 Å². The summed E-state index contributed by atoms with van der Waals surface area (Å²) in [6.45, 7) is 4.91. The molecule has 0 N–H and O–H groups in total. The normalized spacial score (nSPS) is 36.9. The Hall–Kier alpha value is -1.43. The van der Waals surface area contributed by atoms with Crippen LogP contribution in [0.2, 0.25) is 0 Å². The number of fused-ring (bicyclic) bond motifs is 1. The first-order chi connectivity index (χ1) is 11.5. The zero-order chi connectivity index (χ0) is 16.8. The average Bonchev–Trinajstić information content (AvgIpc) is 3.18. The Morgan fingerprint density at radius 1 is 1.21 bits per heavy atom. The molecule has 24 heavy (non-hydrogen) atoms. The monoisotopic (exact) mass is 332 g/mol. The van der Waals surface area contributed by atoms with E-state index in [1.54, 1.807) is 0 Å². The van der Waals surface area contributed by atoms with Crippen molar-refractivity contribution in [2.45, 2.75) is 63.8 Å². The third-order valence-corrected chi connectivity index (χ3v) is 5.33. The van der Waals surface area contributed by atoms with Gasteiger partial charge in [0.2, 0.25) is 0 Å². The zero-order valence-corrected chi connectivity index (χ0v) is 14.2. The first kappa shape index (κ1) is 16.1. The highest BCUT2D eigenvalue weighted by Crippen LogP contribution is 2.51. The van der Waals surface area contributed by atoms with Gasteiger partial charge in [-0.3, -0.25) is 4.79 Å². The summed E-state index contributed by atoms with van der Waals surface area (Å²) in [5.74, 6) is -0.776. The molecule has 1 aromatic carbocycles. The largest absolute Gasteiger partial charge is 0.459 e. The van der Waals surface area contributed by atoms with Crippen molar-refractivity contribution in [3.05, 3.63) is 35.9 Å². The molecule has 130 valence electrons. The minimum absolute atomic E-state index is 0.0337. The topological polar surface area (TPSA) is 54.0 Å². The van der Waals surface area contributed by atoms with E-state index in [1.165, 1.54) is 0 Å². The molecule has 0 saturated carbocycles. The van der Waals surface area contributed by atoms with Crippen LogP contribution in [0.1, 0.15) is 38.7 Å². The van der Waals surface area contributed by atoms with Crippen LogP contribution in [0, 0.1) is 5.41 Å². The Balaban J connectivity index is 1.30. The van der Waals surface area contributed by atoms with Crippen LogP contribution >= 0.6 is 0 Å². The van der Waals surface area contributed by atoms with Crippen LogP contribution in [0.25, 0.3) is 0 Å².